The van der Waals surface area contributed by atoms with Gasteiger partial charge in [-0.2, -0.15) is 0 Å². The molecule has 0 amide bonds. The molecule has 1 aromatic heterocycles. The molecule has 0 fully saturated rings. The summed E-state index contributed by atoms with van der Waals surface area (Å²) < 4.78 is 15.5. The molecule has 0 unspecified atom stereocenters. The number of hydrogen-bond acceptors (Lipinski definition) is 4. The highest BCUT2D eigenvalue weighted by Crippen LogP contribution is 2.24. The second-order valence-electron chi connectivity index (χ2n) is 7.09. The van der Waals surface area contributed by atoms with Gasteiger partial charge in [-0.1, -0.05) is 42.1 Å². The molecule has 0 bridgehead atoms. The Balaban J connectivity index is 1.81. The van der Waals surface area contributed by atoms with Crippen molar-refractivity contribution in [3.05, 3.63) is 99.6 Å². The molecule has 0 radical (unpaired) electrons. The number of para-hydroxylation sites is 1. The zero-order valence-corrected chi connectivity index (χ0v) is 17.4. The normalized spacial score (nSPS) is 11.0. The van der Waals surface area contributed by atoms with E-state index < -0.39 is 5.82 Å². The van der Waals surface area contributed by atoms with Gasteiger partial charge in [-0.05, 0) is 61.4 Å². The molecule has 4 aromatic rings. The molecular weight excluding hydrogens is 399 g/mol. The summed E-state index contributed by atoms with van der Waals surface area (Å²) in [5, 5.41) is 0.898. The van der Waals surface area contributed by atoms with Crippen LogP contribution in [0, 0.1) is 19.7 Å². The fraction of sp³-hybridized carbons (Fsp3) is 0.125. The molecule has 30 heavy (non-hydrogen) atoms. The number of hydrogen-bond donors (Lipinski definition) is 0. The first kappa shape index (κ1) is 20.0. The first-order valence-corrected chi connectivity index (χ1v) is 10.4. The van der Waals surface area contributed by atoms with E-state index in [1.807, 2.05) is 38.1 Å². The maximum Gasteiger partial charge on any atom is 0.266 e. The number of benzene rings is 3. The fourth-order valence-corrected chi connectivity index (χ4v) is 4.31. The summed E-state index contributed by atoms with van der Waals surface area (Å²) in [6, 6.07) is 18.9. The van der Waals surface area contributed by atoms with E-state index in [9.17, 15) is 14.0 Å². The number of nitrogens with zero attached hydrogens (tertiary/aromatic N) is 2. The number of thioether (sulfide) groups is 1. The van der Waals surface area contributed by atoms with Gasteiger partial charge in [-0.15, -0.1) is 0 Å². The van der Waals surface area contributed by atoms with E-state index in [0.717, 1.165) is 22.9 Å². The molecule has 4 nitrogen and oxygen atoms in total. The minimum absolute atomic E-state index is 0.0312. The van der Waals surface area contributed by atoms with Crippen LogP contribution in [0.5, 0.6) is 0 Å². The Morgan fingerprint density at radius 1 is 1.00 bits per heavy atom. The molecule has 4 rings (SSSR count). The van der Waals surface area contributed by atoms with Crippen LogP contribution in [0.3, 0.4) is 0 Å². The number of carbonyl (C=O) groups excluding carboxylic acids is 1. The smallest absolute Gasteiger partial charge is 0.266 e. The minimum Gasteiger partial charge on any atom is -0.293 e. The summed E-state index contributed by atoms with van der Waals surface area (Å²) in [5.74, 6) is -0.940. The molecule has 0 aliphatic heterocycles. The van der Waals surface area contributed by atoms with Crippen LogP contribution in [-0.4, -0.2) is 21.1 Å². The van der Waals surface area contributed by atoms with Gasteiger partial charge in [0, 0.05) is 0 Å². The molecule has 0 atom stereocenters. The van der Waals surface area contributed by atoms with E-state index in [2.05, 4.69) is 4.98 Å². The Hall–Kier alpha value is -3.25. The Kier molecular flexibility index (Phi) is 5.50. The van der Waals surface area contributed by atoms with Crippen molar-refractivity contribution >= 4 is 28.4 Å². The van der Waals surface area contributed by atoms with Gasteiger partial charge in [0.1, 0.15) is 5.82 Å². The lowest BCUT2D eigenvalue weighted by molar-refractivity contribution is 0.101. The fourth-order valence-electron chi connectivity index (χ4n) is 3.41. The van der Waals surface area contributed by atoms with Crippen LogP contribution >= 0.6 is 11.8 Å². The van der Waals surface area contributed by atoms with Crippen molar-refractivity contribution in [2.75, 3.05) is 5.75 Å². The van der Waals surface area contributed by atoms with Crippen molar-refractivity contribution in [2.24, 2.45) is 0 Å². The predicted molar refractivity (Wildman–Crippen MR) is 118 cm³/mol. The van der Waals surface area contributed by atoms with Gasteiger partial charge in [-0.25, -0.2) is 9.37 Å². The SMILES string of the molecule is Cc1cc(C)cc(-n2c(SCC(=O)c3ccccc3F)nc3ccccc3c2=O)c1. The highest BCUT2D eigenvalue weighted by Gasteiger charge is 2.17. The van der Waals surface area contributed by atoms with E-state index in [-0.39, 0.29) is 22.7 Å². The molecule has 0 spiro atoms. The van der Waals surface area contributed by atoms with E-state index in [4.69, 9.17) is 0 Å². The van der Waals surface area contributed by atoms with Gasteiger partial charge in [-0.3, -0.25) is 14.2 Å². The molecule has 3 aromatic carbocycles. The zero-order valence-electron chi connectivity index (χ0n) is 16.6. The highest BCUT2D eigenvalue weighted by molar-refractivity contribution is 7.99. The number of halogens is 1. The number of aromatic nitrogens is 2. The number of Topliss-reactive ketones (excluding diaryl/α,β-unsaturated/α-hetero) is 1. The van der Waals surface area contributed by atoms with Gasteiger partial charge in [0.15, 0.2) is 10.9 Å². The first-order valence-electron chi connectivity index (χ1n) is 9.45. The monoisotopic (exact) mass is 418 g/mol. The molecule has 6 heteroatoms. The Labute approximate surface area is 177 Å². The number of rotatable bonds is 5. The van der Waals surface area contributed by atoms with Gasteiger partial charge >= 0.3 is 0 Å². The van der Waals surface area contributed by atoms with Crippen LogP contribution in [0.25, 0.3) is 16.6 Å². The maximum atomic E-state index is 14.0. The van der Waals surface area contributed by atoms with Crippen molar-refractivity contribution in [3.8, 4) is 5.69 Å². The number of fused-ring (bicyclic) bond motifs is 1. The first-order chi connectivity index (χ1) is 14.4. The van der Waals surface area contributed by atoms with Gasteiger partial charge < -0.3 is 0 Å². The minimum atomic E-state index is -0.554. The molecular formula is C24H19FN2O2S. The van der Waals surface area contributed by atoms with Crippen molar-refractivity contribution in [1.29, 1.82) is 0 Å². The molecule has 0 aliphatic carbocycles. The van der Waals surface area contributed by atoms with Crippen LogP contribution in [0.15, 0.2) is 76.7 Å². The van der Waals surface area contributed by atoms with Crippen molar-refractivity contribution in [3.63, 3.8) is 0 Å². The molecule has 150 valence electrons. The van der Waals surface area contributed by atoms with E-state index >= 15 is 0 Å². The molecule has 0 saturated carbocycles. The predicted octanol–water partition coefficient (Wildman–Crippen LogP) is 5.12. The van der Waals surface area contributed by atoms with Crippen LogP contribution in [0.2, 0.25) is 0 Å². The van der Waals surface area contributed by atoms with Gasteiger partial charge in [0.25, 0.3) is 5.56 Å². The average Bonchev–Trinajstić information content (AvgIpc) is 2.71. The maximum absolute atomic E-state index is 14.0. The Bertz CT molecular complexity index is 1310. The summed E-state index contributed by atoms with van der Waals surface area (Å²) in [6.45, 7) is 3.93. The molecule has 0 N–H and O–H groups in total. The average molecular weight is 418 g/mol. The summed E-state index contributed by atoms with van der Waals surface area (Å²) in [4.78, 5) is 30.5. The number of ketones is 1. The molecule has 1 heterocycles. The second kappa shape index (κ2) is 8.24. The Morgan fingerprint density at radius 2 is 1.67 bits per heavy atom. The van der Waals surface area contributed by atoms with E-state index in [1.165, 1.54) is 16.7 Å². The van der Waals surface area contributed by atoms with Crippen LogP contribution in [0.1, 0.15) is 21.5 Å². The highest BCUT2D eigenvalue weighted by atomic mass is 32.2. The number of aryl methyl sites for hydroxylation is 2. The second-order valence-corrected chi connectivity index (χ2v) is 8.03. The van der Waals surface area contributed by atoms with Crippen molar-refractivity contribution in [2.45, 2.75) is 19.0 Å². The van der Waals surface area contributed by atoms with Crippen LogP contribution in [0.4, 0.5) is 4.39 Å². The van der Waals surface area contributed by atoms with Crippen molar-refractivity contribution < 1.29 is 9.18 Å². The lowest BCUT2D eigenvalue weighted by Crippen LogP contribution is -2.22. The van der Waals surface area contributed by atoms with Crippen molar-refractivity contribution in [1.82, 2.24) is 9.55 Å². The zero-order chi connectivity index (χ0) is 21.3. The number of carbonyl (C=O) groups is 1. The van der Waals surface area contributed by atoms with Gasteiger partial charge in [0.05, 0.1) is 27.9 Å². The van der Waals surface area contributed by atoms with Gasteiger partial charge in [0.2, 0.25) is 0 Å². The van der Waals surface area contributed by atoms with Crippen LogP contribution in [-0.2, 0) is 0 Å². The third-order valence-corrected chi connectivity index (χ3v) is 5.65. The third-order valence-electron chi connectivity index (χ3n) is 4.72. The quantitative estimate of drug-likeness (QED) is 0.257. The lowest BCUT2D eigenvalue weighted by atomic mass is 10.1. The third kappa shape index (κ3) is 3.91. The lowest BCUT2D eigenvalue weighted by Gasteiger charge is -2.14. The van der Waals surface area contributed by atoms with E-state index in [1.54, 1.807) is 30.3 Å². The topological polar surface area (TPSA) is 52.0 Å². The van der Waals surface area contributed by atoms with Crippen LogP contribution < -0.4 is 5.56 Å². The summed E-state index contributed by atoms with van der Waals surface area (Å²) >= 11 is 1.13. The Morgan fingerprint density at radius 3 is 2.40 bits per heavy atom. The molecule has 0 saturated heterocycles. The largest absolute Gasteiger partial charge is 0.293 e. The standard InChI is InChI=1S/C24H19FN2O2S/c1-15-11-16(2)13-17(12-15)27-23(29)19-8-4-6-10-21(19)26-24(27)30-14-22(28)18-7-3-5-9-20(18)25/h3-13H,14H2,1-2H3. The summed E-state index contributed by atoms with van der Waals surface area (Å²) in [5.41, 5.74) is 3.12. The van der Waals surface area contributed by atoms with E-state index in [0.29, 0.717) is 21.7 Å². The summed E-state index contributed by atoms with van der Waals surface area (Å²) in [6.07, 6.45) is 0. The summed E-state index contributed by atoms with van der Waals surface area (Å²) in [7, 11) is 0. The molecule has 0 aliphatic rings.